The summed E-state index contributed by atoms with van der Waals surface area (Å²) >= 11 is 0. The zero-order chi connectivity index (χ0) is 12.6. The van der Waals surface area contributed by atoms with E-state index < -0.39 is 0 Å². The molecule has 1 nitrogen and oxygen atoms in total. The van der Waals surface area contributed by atoms with Crippen LogP contribution in [0.25, 0.3) is 12.2 Å². The van der Waals surface area contributed by atoms with Crippen molar-refractivity contribution in [1.82, 2.24) is 0 Å². The lowest BCUT2D eigenvalue weighted by atomic mass is 10.1. The minimum absolute atomic E-state index is 0.774. The molecule has 90 valence electrons. The van der Waals surface area contributed by atoms with Crippen LogP contribution in [0.2, 0.25) is 0 Å². The van der Waals surface area contributed by atoms with E-state index in [-0.39, 0.29) is 0 Å². The predicted molar refractivity (Wildman–Crippen MR) is 80.5 cm³/mol. The summed E-state index contributed by atoms with van der Waals surface area (Å²) in [5.74, 6) is 0. The first kappa shape index (κ1) is 12.2. The maximum atomic E-state index is 3.72. The number of benzene rings is 2. The lowest BCUT2D eigenvalue weighted by molar-refractivity contribution is 1.34. The standard InChI is InChI=1S/C17H17N/c1-2-14-18-17-11-7-6-10-16(17)13-12-15-8-4-3-5-9-15/h2-13,18H,1,14H2/b13-12+. The Labute approximate surface area is 108 Å². The van der Waals surface area contributed by atoms with Gasteiger partial charge in [-0.15, -0.1) is 6.58 Å². The van der Waals surface area contributed by atoms with Gasteiger partial charge >= 0.3 is 0 Å². The minimum Gasteiger partial charge on any atom is -0.381 e. The second kappa shape index (κ2) is 6.45. The Balaban J connectivity index is 2.18. The van der Waals surface area contributed by atoms with Gasteiger partial charge in [-0.25, -0.2) is 0 Å². The first-order chi connectivity index (χ1) is 8.90. The molecule has 0 aliphatic heterocycles. The zero-order valence-corrected chi connectivity index (χ0v) is 10.3. The van der Waals surface area contributed by atoms with E-state index in [0.717, 1.165) is 12.2 Å². The van der Waals surface area contributed by atoms with Crippen molar-refractivity contribution in [1.29, 1.82) is 0 Å². The molecule has 2 rings (SSSR count). The van der Waals surface area contributed by atoms with Gasteiger partial charge in [0.2, 0.25) is 0 Å². The third-order valence-electron chi connectivity index (χ3n) is 2.65. The molecule has 1 heteroatoms. The molecule has 2 aromatic rings. The second-order valence-corrected chi connectivity index (χ2v) is 4.00. The van der Waals surface area contributed by atoms with E-state index in [1.54, 1.807) is 0 Å². The van der Waals surface area contributed by atoms with Crippen LogP contribution in [0.4, 0.5) is 5.69 Å². The van der Waals surface area contributed by atoms with Crippen LogP contribution in [0.15, 0.2) is 67.3 Å². The summed E-state index contributed by atoms with van der Waals surface area (Å²) in [7, 11) is 0. The molecule has 0 radical (unpaired) electrons. The summed E-state index contributed by atoms with van der Waals surface area (Å²) < 4.78 is 0. The molecule has 1 N–H and O–H groups in total. The van der Waals surface area contributed by atoms with E-state index in [1.807, 2.05) is 36.4 Å². The maximum absolute atomic E-state index is 3.72. The summed E-state index contributed by atoms with van der Waals surface area (Å²) in [5, 5.41) is 3.33. The third kappa shape index (κ3) is 3.36. The van der Waals surface area contributed by atoms with Crippen LogP contribution < -0.4 is 5.32 Å². The lowest BCUT2D eigenvalue weighted by Crippen LogP contribution is -1.99. The molecule has 18 heavy (non-hydrogen) atoms. The Morgan fingerprint density at radius 3 is 2.39 bits per heavy atom. The molecule has 0 bridgehead atoms. The van der Waals surface area contributed by atoms with Crippen LogP contribution in [0, 0.1) is 0 Å². The van der Waals surface area contributed by atoms with Crippen molar-refractivity contribution in [3.63, 3.8) is 0 Å². The molecule has 0 spiro atoms. The minimum atomic E-state index is 0.774. The van der Waals surface area contributed by atoms with Gasteiger partial charge in [0.1, 0.15) is 0 Å². The summed E-state index contributed by atoms with van der Waals surface area (Å²) in [4.78, 5) is 0. The largest absolute Gasteiger partial charge is 0.381 e. The van der Waals surface area contributed by atoms with Gasteiger partial charge in [-0.3, -0.25) is 0 Å². The van der Waals surface area contributed by atoms with Gasteiger partial charge in [-0.1, -0.05) is 66.8 Å². The highest BCUT2D eigenvalue weighted by molar-refractivity contribution is 5.76. The van der Waals surface area contributed by atoms with Gasteiger partial charge in [-0.2, -0.15) is 0 Å². The first-order valence-corrected chi connectivity index (χ1v) is 6.07. The van der Waals surface area contributed by atoms with Crippen molar-refractivity contribution in [2.24, 2.45) is 0 Å². The van der Waals surface area contributed by atoms with E-state index in [4.69, 9.17) is 0 Å². The molecule has 0 saturated carbocycles. The Bertz CT molecular complexity index is 526. The molecule has 0 atom stereocenters. The van der Waals surface area contributed by atoms with Crippen LogP contribution in [-0.4, -0.2) is 6.54 Å². The summed E-state index contributed by atoms with van der Waals surface area (Å²) in [6, 6.07) is 18.6. The molecule has 0 aliphatic rings. The van der Waals surface area contributed by atoms with Crippen LogP contribution in [0.5, 0.6) is 0 Å². The SMILES string of the molecule is C=CCNc1ccccc1/C=C/c1ccccc1. The van der Waals surface area contributed by atoms with Crippen molar-refractivity contribution in [2.45, 2.75) is 0 Å². The molecule has 2 aromatic carbocycles. The molecular formula is C17H17N. The highest BCUT2D eigenvalue weighted by Crippen LogP contribution is 2.17. The Kier molecular flexibility index (Phi) is 4.37. The van der Waals surface area contributed by atoms with E-state index in [0.29, 0.717) is 0 Å². The van der Waals surface area contributed by atoms with Crippen molar-refractivity contribution in [2.75, 3.05) is 11.9 Å². The number of nitrogens with one attached hydrogen (secondary N) is 1. The maximum Gasteiger partial charge on any atom is 0.0416 e. The van der Waals surface area contributed by atoms with Crippen molar-refractivity contribution >= 4 is 17.8 Å². The number of anilines is 1. The predicted octanol–water partition coefficient (Wildman–Crippen LogP) is 4.45. The highest BCUT2D eigenvalue weighted by Gasteiger charge is 1.95. The Morgan fingerprint density at radius 2 is 1.61 bits per heavy atom. The number of para-hydroxylation sites is 1. The van der Waals surface area contributed by atoms with Crippen LogP contribution in [0.3, 0.4) is 0 Å². The average Bonchev–Trinajstić information content (AvgIpc) is 2.45. The van der Waals surface area contributed by atoms with Crippen molar-refractivity contribution in [3.8, 4) is 0 Å². The van der Waals surface area contributed by atoms with E-state index in [9.17, 15) is 0 Å². The first-order valence-electron chi connectivity index (χ1n) is 6.07. The van der Waals surface area contributed by atoms with Crippen LogP contribution in [-0.2, 0) is 0 Å². The van der Waals surface area contributed by atoms with Gasteiger partial charge in [0.25, 0.3) is 0 Å². The van der Waals surface area contributed by atoms with Crippen LogP contribution in [0.1, 0.15) is 11.1 Å². The van der Waals surface area contributed by atoms with Gasteiger partial charge in [0, 0.05) is 12.2 Å². The molecule has 0 aromatic heterocycles. The Morgan fingerprint density at radius 1 is 0.889 bits per heavy atom. The number of rotatable bonds is 5. The number of hydrogen-bond acceptors (Lipinski definition) is 1. The van der Waals surface area contributed by atoms with Crippen LogP contribution >= 0.6 is 0 Å². The monoisotopic (exact) mass is 235 g/mol. The topological polar surface area (TPSA) is 12.0 Å². The van der Waals surface area contributed by atoms with Gasteiger partial charge in [-0.05, 0) is 17.2 Å². The van der Waals surface area contributed by atoms with E-state index in [2.05, 4.69) is 48.3 Å². The Hall–Kier alpha value is -2.28. The van der Waals surface area contributed by atoms with Gasteiger partial charge < -0.3 is 5.32 Å². The molecule has 0 fully saturated rings. The average molecular weight is 235 g/mol. The molecule has 0 heterocycles. The molecule has 0 saturated heterocycles. The molecule has 0 amide bonds. The summed E-state index contributed by atoms with van der Waals surface area (Å²) in [6.45, 7) is 4.49. The summed E-state index contributed by atoms with van der Waals surface area (Å²) in [5.41, 5.74) is 3.52. The van der Waals surface area contributed by atoms with E-state index >= 15 is 0 Å². The quantitative estimate of drug-likeness (QED) is 0.596. The smallest absolute Gasteiger partial charge is 0.0416 e. The molecule has 0 aliphatic carbocycles. The van der Waals surface area contributed by atoms with E-state index in [1.165, 1.54) is 11.1 Å². The molecule has 0 unspecified atom stereocenters. The summed E-state index contributed by atoms with van der Waals surface area (Å²) in [6.07, 6.45) is 6.10. The van der Waals surface area contributed by atoms with Crippen molar-refractivity contribution in [3.05, 3.63) is 78.4 Å². The second-order valence-electron chi connectivity index (χ2n) is 4.00. The fourth-order valence-electron chi connectivity index (χ4n) is 1.74. The van der Waals surface area contributed by atoms with Gasteiger partial charge in [0.05, 0.1) is 0 Å². The fourth-order valence-corrected chi connectivity index (χ4v) is 1.74. The normalized spacial score (nSPS) is 10.4. The number of hydrogen-bond donors (Lipinski definition) is 1. The highest BCUT2D eigenvalue weighted by atomic mass is 14.9. The third-order valence-corrected chi connectivity index (χ3v) is 2.65. The lowest BCUT2D eigenvalue weighted by Gasteiger charge is -2.07. The fraction of sp³-hybridized carbons (Fsp3) is 0.0588. The zero-order valence-electron chi connectivity index (χ0n) is 10.3. The molecular weight excluding hydrogens is 218 g/mol. The van der Waals surface area contributed by atoms with Crippen molar-refractivity contribution < 1.29 is 0 Å². The van der Waals surface area contributed by atoms with Gasteiger partial charge in [0.15, 0.2) is 0 Å².